The molecule has 6 heteroatoms. The Balaban J connectivity index is 2.77. The highest BCUT2D eigenvalue weighted by molar-refractivity contribution is 5.93. The first kappa shape index (κ1) is 9.79. The highest BCUT2D eigenvalue weighted by Crippen LogP contribution is 2.03. The molecule has 0 saturated carbocycles. The van der Waals surface area contributed by atoms with Crippen LogP contribution in [-0.4, -0.2) is 61.4 Å². The lowest BCUT2D eigenvalue weighted by Crippen LogP contribution is -2.51. The average Bonchev–Trinajstić information content (AvgIpc) is 2.12. The second-order valence-corrected chi connectivity index (χ2v) is 2.98. The monoisotopic (exact) mass is 187 g/mol. The van der Waals surface area contributed by atoms with Crippen LogP contribution in [0.1, 0.15) is 0 Å². The van der Waals surface area contributed by atoms with Crippen LogP contribution < -0.4 is 0 Å². The predicted molar refractivity (Wildman–Crippen MR) is 44.9 cm³/mol. The molecule has 13 heavy (non-hydrogen) atoms. The molecule has 1 saturated heterocycles. The minimum Gasteiger partial charge on any atom is -0.341 e. The van der Waals surface area contributed by atoms with Crippen LogP contribution in [0, 0.1) is 0 Å². The standard InChI is InChI=1S/C7H13N3O3/c1-8-4-13-5-9(2)7(12)10(3)6(8)11/h4-5H2,1-3H3. The summed E-state index contributed by atoms with van der Waals surface area (Å²) in [7, 11) is 4.61. The molecule has 1 aliphatic rings. The smallest absolute Gasteiger partial charge is 0.329 e. The van der Waals surface area contributed by atoms with Crippen molar-refractivity contribution in [3.8, 4) is 0 Å². The van der Waals surface area contributed by atoms with E-state index in [1.165, 1.54) is 16.8 Å². The largest absolute Gasteiger partial charge is 0.341 e. The van der Waals surface area contributed by atoms with Crippen LogP contribution >= 0.6 is 0 Å². The summed E-state index contributed by atoms with van der Waals surface area (Å²) in [5, 5.41) is 0. The van der Waals surface area contributed by atoms with Crippen molar-refractivity contribution in [1.82, 2.24) is 14.7 Å². The fraction of sp³-hybridized carbons (Fsp3) is 0.714. The van der Waals surface area contributed by atoms with E-state index in [0.717, 1.165) is 4.90 Å². The van der Waals surface area contributed by atoms with Gasteiger partial charge < -0.3 is 14.5 Å². The number of rotatable bonds is 0. The van der Waals surface area contributed by atoms with Crippen LogP contribution in [0.15, 0.2) is 0 Å². The van der Waals surface area contributed by atoms with E-state index >= 15 is 0 Å². The molecule has 1 heterocycles. The summed E-state index contributed by atoms with van der Waals surface area (Å²) in [6.07, 6.45) is 0. The molecular weight excluding hydrogens is 174 g/mol. The van der Waals surface area contributed by atoms with Crippen molar-refractivity contribution in [3.63, 3.8) is 0 Å². The van der Waals surface area contributed by atoms with Crippen LogP contribution in [0.25, 0.3) is 0 Å². The zero-order chi connectivity index (χ0) is 10.0. The number of urea groups is 2. The van der Waals surface area contributed by atoms with E-state index < -0.39 is 0 Å². The molecule has 0 aliphatic carbocycles. The molecule has 0 bridgehead atoms. The Hall–Kier alpha value is -1.30. The minimum atomic E-state index is -0.364. The fourth-order valence-corrected chi connectivity index (χ4v) is 1.02. The third-order valence-corrected chi connectivity index (χ3v) is 1.80. The van der Waals surface area contributed by atoms with Gasteiger partial charge >= 0.3 is 12.1 Å². The first-order valence-electron chi connectivity index (χ1n) is 3.85. The Morgan fingerprint density at radius 2 is 1.38 bits per heavy atom. The molecule has 0 radical (unpaired) electrons. The lowest BCUT2D eigenvalue weighted by atomic mass is 10.6. The number of imide groups is 1. The molecule has 6 nitrogen and oxygen atoms in total. The molecular formula is C7H13N3O3. The zero-order valence-corrected chi connectivity index (χ0v) is 7.98. The molecule has 0 atom stereocenters. The molecule has 0 aromatic rings. The molecule has 74 valence electrons. The molecule has 0 aromatic heterocycles. The Bertz CT molecular complexity index is 209. The lowest BCUT2D eigenvalue weighted by molar-refractivity contribution is -0.00763. The van der Waals surface area contributed by atoms with Crippen LogP contribution in [0.3, 0.4) is 0 Å². The maximum Gasteiger partial charge on any atom is 0.329 e. The van der Waals surface area contributed by atoms with E-state index in [4.69, 9.17) is 4.74 Å². The number of hydrogen-bond acceptors (Lipinski definition) is 3. The maximum atomic E-state index is 11.4. The number of carbonyl (C=O) groups excluding carboxylic acids is 2. The van der Waals surface area contributed by atoms with Crippen molar-refractivity contribution >= 4 is 12.1 Å². The van der Waals surface area contributed by atoms with Gasteiger partial charge in [-0.1, -0.05) is 0 Å². The number of hydrogen-bond donors (Lipinski definition) is 0. The first-order chi connectivity index (χ1) is 6.04. The number of ether oxygens (including phenoxy) is 1. The number of carbonyl (C=O) groups is 2. The maximum absolute atomic E-state index is 11.4. The second kappa shape index (κ2) is 3.61. The molecule has 0 spiro atoms. The first-order valence-corrected chi connectivity index (χ1v) is 3.85. The van der Waals surface area contributed by atoms with Gasteiger partial charge in [-0.25, -0.2) is 14.5 Å². The van der Waals surface area contributed by atoms with Gasteiger partial charge in [-0.2, -0.15) is 0 Å². The van der Waals surface area contributed by atoms with Gasteiger partial charge in [0.1, 0.15) is 13.5 Å². The third-order valence-electron chi connectivity index (χ3n) is 1.80. The molecule has 4 amide bonds. The van der Waals surface area contributed by atoms with E-state index in [1.54, 1.807) is 14.1 Å². The Kier molecular flexibility index (Phi) is 2.72. The van der Waals surface area contributed by atoms with Gasteiger partial charge in [0.05, 0.1) is 0 Å². The van der Waals surface area contributed by atoms with E-state index in [2.05, 4.69) is 0 Å². The van der Waals surface area contributed by atoms with Crippen molar-refractivity contribution in [3.05, 3.63) is 0 Å². The molecule has 1 rings (SSSR count). The quantitative estimate of drug-likeness (QED) is 0.535. The van der Waals surface area contributed by atoms with E-state index in [0.29, 0.717) is 0 Å². The van der Waals surface area contributed by atoms with Crippen LogP contribution in [0.4, 0.5) is 9.59 Å². The van der Waals surface area contributed by atoms with Crippen molar-refractivity contribution in [2.24, 2.45) is 0 Å². The van der Waals surface area contributed by atoms with Crippen molar-refractivity contribution in [1.29, 1.82) is 0 Å². The summed E-state index contributed by atoms with van der Waals surface area (Å²) in [5.74, 6) is 0. The highest BCUT2D eigenvalue weighted by atomic mass is 16.5. The molecule has 1 aliphatic heterocycles. The van der Waals surface area contributed by atoms with Gasteiger partial charge in [0, 0.05) is 21.1 Å². The average molecular weight is 187 g/mol. The topological polar surface area (TPSA) is 53.1 Å². The summed E-state index contributed by atoms with van der Waals surface area (Å²) in [6, 6.07) is -0.729. The van der Waals surface area contributed by atoms with E-state index in [9.17, 15) is 9.59 Å². The zero-order valence-electron chi connectivity index (χ0n) is 7.98. The van der Waals surface area contributed by atoms with Gasteiger partial charge in [-0.3, -0.25) is 0 Å². The second-order valence-electron chi connectivity index (χ2n) is 2.98. The fourth-order valence-electron chi connectivity index (χ4n) is 1.02. The molecule has 0 aromatic carbocycles. The van der Waals surface area contributed by atoms with Gasteiger partial charge in [-0.15, -0.1) is 0 Å². The summed E-state index contributed by atoms with van der Waals surface area (Å²) in [4.78, 5) is 26.5. The van der Waals surface area contributed by atoms with Gasteiger partial charge in [0.25, 0.3) is 0 Å². The number of amides is 4. The Morgan fingerprint density at radius 1 is 1.00 bits per heavy atom. The van der Waals surface area contributed by atoms with Crippen LogP contribution in [0.5, 0.6) is 0 Å². The summed E-state index contributed by atoms with van der Waals surface area (Å²) >= 11 is 0. The SMILES string of the molecule is CN1COCN(C)C(=O)N(C)C1=O. The van der Waals surface area contributed by atoms with Gasteiger partial charge in [0.15, 0.2) is 0 Å². The van der Waals surface area contributed by atoms with Gasteiger partial charge in [0.2, 0.25) is 0 Å². The molecule has 0 unspecified atom stereocenters. The van der Waals surface area contributed by atoms with E-state index in [1.807, 2.05) is 0 Å². The number of nitrogens with zero attached hydrogens (tertiary/aromatic N) is 3. The lowest BCUT2D eigenvalue weighted by Gasteiger charge is -2.30. The third kappa shape index (κ3) is 1.89. The van der Waals surface area contributed by atoms with Crippen LogP contribution in [-0.2, 0) is 4.74 Å². The highest BCUT2D eigenvalue weighted by Gasteiger charge is 2.25. The van der Waals surface area contributed by atoms with Crippen molar-refractivity contribution in [2.75, 3.05) is 34.6 Å². The van der Waals surface area contributed by atoms with Crippen molar-refractivity contribution in [2.45, 2.75) is 0 Å². The van der Waals surface area contributed by atoms with E-state index in [-0.39, 0.29) is 25.5 Å². The summed E-state index contributed by atoms with van der Waals surface area (Å²) < 4.78 is 5.07. The predicted octanol–water partition coefficient (Wildman–Crippen LogP) is -0.0330. The molecule has 1 fully saturated rings. The summed E-state index contributed by atoms with van der Waals surface area (Å²) in [6.45, 7) is 0.390. The minimum absolute atomic E-state index is 0.195. The Morgan fingerprint density at radius 3 is 1.77 bits per heavy atom. The molecule has 0 N–H and O–H groups in total. The summed E-state index contributed by atoms with van der Waals surface area (Å²) in [5.41, 5.74) is 0. The van der Waals surface area contributed by atoms with Crippen LogP contribution in [0.2, 0.25) is 0 Å². The van der Waals surface area contributed by atoms with Gasteiger partial charge in [-0.05, 0) is 0 Å². The Labute approximate surface area is 76.6 Å². The van der Waals surface area contributed by atoms with Crippen molar-refractivity contribution < 1.29 is 14.3 Å². The normalized spacial score (nSPS) is 20.4.